The van der Waals surface area contributed by atoms with E-state index in [1.807, 2.05) is 0 Å². The second-order valence-electron chi connectivity index (χ2n) is 3.99. The summed E-state index contributed by atoms with van der Waals surface area (Å²) in [5.41, 5.74) is 5.84. The fourth-order valence-corrected chi connectivity index (χ4v) is 1.91. The molecule has 0 saturated carbocycles. The Balaban J connectivity index is 2.02. The third-order valence-electron chi connectivity index (χ3n) is 2.62. The first-order chi connectivity index (χ1) is 10.0. The van der Waals surface area contributed by atoms with Gasteiger partial charge in [0.25, 0.3) is 5.69 Å². The van der Waals surface area contributed by atoms with Crippen molar-refractivity contribution in [2.75, 3.05) is 5.73 Å². The molecule has 2 aromatic heterocycles. The first-order valence-electron chi connectivity index (χ1n) is 5.63. The van der Waals surface area contributed by atoms with Crippen molar-refractivity contribution in [2.24, 2.45) is 0 Å². The van der Waals surface area contributed by atoms with Gasteiger partial charge in [0.2, 0.25) is 11.8 Å². The molecule has 0 atom stereocenters. The molecular formula is C11H7ClN6O3. The summed E-state index contributed by atoms with van der Waals surface area (Å²) in [6.07, 6.45) is 1.48. The standard InChI is InChI=1S/C11H7ClN6O3/c12-7-3-5(18(19)20)1-2-8(7)21-10-6-4-14-17-9(6)15-11(13)16-10/h1-4H,(H3,13,14,15,16,17). The maximum absolute atomic E-state index is 10.7. The van der Waals surface area contributed by atoms with Crippen LogP contribution in [0, 0.1) is 10.1 Å². The predicted molar refractivity (Wildman–Crippen MR) is 74.3 cm³/mol. The second-order valence-corrected chi connectivity index (χ2v) is 4.40. The van der Waals surface area contributed by atoms with Crippen molar-refractivity contribution in [1.82, 2.24) is 20.2 Å². The highest BCUT2D eigenvalue weighted by Gasteiger charge is 2.14. The molecule has 2 heterocycles. The van der Waals surface area contributed by atoms with Crippen LogP contribution < -0.4 is 10.5 Å². The fourth-order valence-electron chi connectivity index (χ4n) is 1.69. The highest BCUT2D eigenvalue weighted by Crippen LogP contribution is 2.34. The lowest BCUT2D eigenvalue weighted by atomic mass is 10.3. The molecule has 0 unspecified atom stereocenters. The van der Waals surface area contributed by atoms with E-state index in [1.165, 1.54) is 24.4 Å². The molecular weight excluding hydrogens is 300 g/mol. The first kappa shape index (κ1) is 13.1. The highest BCUT2D eigenvalue weighted by molar-refractivity contribution is 6.32. The predicted octanol–water partition coefficient (Wildman–Crippen LogP) is 2.29. The van der Waals surface area contributed by atoms with Crippen molar-refractivity contribution in [3.63, 3.8) is 0 Å². The van der Waals surface area contributed by atoms with Crippen LogP contribution in [0.15, 0.2) is 24.4 Å². The van der Waals surface area contributed by atoms with Crippen molar-refractivity contribution < 1.29 is 9.66 Å². The normalized spacial score (nSPS) is 10.7. The van der Waals surface area contributed by atoms with Gasteiger partial charge >= 0.3 is 0 Å². The minimum atomic E-state index is -0.549. The van der Waals surface area contributed by atoms with E-state index in [0.29, 0.717) is 11.0 Å². The Labute approximate surface area is 121 Å². The number of aromatic amines is 1. The Kier molecular flexibility index (Phi) is 3.03. The number of nitrogen functional groups attached to an aromatic ring is 1. The molecule has 3 rings (SSSR count). The van der Waals surface area contributed by atoms with E-state index in [-0.39, 0.29) is 28.3 Å². The van der Waals surface area contributed by atoms with Gasteiger partial charge in [-0.2, -0.15) is 15.1 Å². The summed E-state index contributed by atoms with van der Waals surface area (Å²) in [6.45, 7) is 0. The van der Waals surface area contributed by atoms with Gasteiger partial charge in [-0.3, -0.25) is 15.2 Å². The van der Waals surface area contributed by atoms with Gasteiger partial charge in [0.1, 0.15) is 11.1 Å². The average Bonchev–Trinajstić information content (AvgIpc) is 2.88. The van der Waals surface area contributed by atoms with Crippen LogP contribution >= 0.6 is 11.6 Å². The number of non-ortho nitro benzene ring substituents is 1. The maximum Gasteiger partial charge on any atom is 0.271 e. The van der Waals surface area contributed by atoms with Gasteiger partial charge in [-0.25, -0.2) is 0 Å². The van der Waals surface area contributed by atoms with Crippen LogP contribution in [0.4, 0.5) is 11.6 Å². The van der Waals surface area contributed by atoms with Gasteiger partial charge in [-0.05, 0) is 6.07 Å². The number of ether oxygens (including phenoxy) is 1. The number of hydrogen-bond acceptors (Lipinski definition) is 7. The van der Waals surface area contributed by atoms with Crippen LogP contribution in [0.3, 0.4) is 0 Å². The molecule has 106 valence electrons. The van der Waals surface area contributed by atoms with Crippen LogP contribution in [0.25, 0.3) is 11.0 Å². The van der Waals surface area contributed by atoms with Gasteiger partial charge in [0.15, 0.2) is 5.65 Å². The summed E-state index contributed by atoms with van der Waals surface area (Å²) in [7, 11) is 0. The molecule has 9 nitrogen and oxygen atoms in total. The molecule has 3 N–H and O–H groups in total. The third-order valence-corrected chi connectivity index (χ3v) is 2.92. The van der Waals surface area contributed by atoms with Crippen LogP contribution in [0.2, 0.25) is 5.02 Å². The zero-order valence-electron chi connectivity index (χ0n) is 10.3. The number of fused-ring (bicyclic) bond motifs is 1. The quantitative estimate of drug-likeness (QED) is 0.560. The lowest BCUT2D eigenvalue weighted by Crippen LogP contribution is -1.98. The van der Waals surface area contributed by atoms with E-state index in [4.69, 9.17) is 22.1 Å². The number of rotatable bonds is 3. The minimum Gasteiger partial charge on any atom is -0.436 e. The number of hydrogen-bond donors (Lipinski definition) is 2. The molecule has 3 aromatic rings. The minimum absolute atomic E-state index is 0.000200. The zero-order chi connectivity index (χ0) is 15.0. The van der Waals surface area contributed by atoms with Gasteiger partial charge < -0.3 is 10.5 Å². The van der Waals surface area contributed by atoms with E-state index in [0.717, 1.165) is 0 Å². The number of aromatic nitrogens is 4. The highest BCUT2D eigenvalue weighted by atomic mass is 35.5. The molecule has 0 bridgehead atoms. The van der Waals surface area contributed by atoms with Crippen LogP contribution in [0.5, 0.6) is 11.6 Å². The summed E-state index contributed by atoms with van der Waals surface area (Å²) in [4.78, 5) is 18.0. The third kappa shape index (κ3) is 2.41. The first-order valence-corrected chi connectivity index (χ1v) is 6.01. The summed E-state index contributed by atoms with van der Waals surface area (Å²) in [5.74, 6) is 0.365. The number of nitro benzene ring substituents is 1. The number of H-pyrrole nitrogens is 1. The molecule has 1 aromatic carbocycles. The molecule has 21 heavy (non-hydrogen) atoms. The Bertz CT molecular complexity index is 849. The number of nitrogens with zero attached hydrogens (tertiary/aromatic N) is 4. The topological polar surface area (TPSA) is 133 Å². The van der Waals surface area contributed by atoms with Gasteiger partial charge in [0, 0.05) is 12.1 Å². The number of nitrogens with two attached hydrogens (primary N) is 1. The molecule has 0 amide bonds. The Hall–Kier alpha value is -2.94. The van der Waals surface area contributed by atoms with Crippen molar-refractivity contribution in [3.8, 4) is 11.6 Å². The largest absolute Gasteiger partial charge is 0.436 e. The number of nitrogens with one attached hydrogen (secondary N) is 1. The molecule has 0 aliphatic carbocycles. The van der Waals surface area contributed by atoms with Crippen LogP contribution in [-0.4, -0.2) is 25.1 Å². The van der Waals surface area contributed by atoms with E-state index < -0.39 is 4.92 Å². The van der Waals surface area contributed by atoms with Crippen molar-refractivity contribution in [1.29, 1.82) is 0 Å². The molecule has 0 spiro atoms. The van der Waals surface area contributed by atoms with Crippen molar-refractivity contribution in [2.45, 2.75) is 0 Å². The molecule has 0 aliphatic rings. The number of nitro groups is 1. The summed E-state index contributed by atoms with van der Waals surface area (Å²) in [6, 6.07) is 3.84. The van der Waals surface area contributed by atoms with Gasteiger partial charge in [0.05, 0.1) is 16.1 Å². The van der Waals surface area contributed by atoms with Crippen LogP contribution in [-0.2, 0) is 0 Å². The molecule has 0 saturated heterocycles. The van der Waals surface area contributed by atoms with Crippen molar-refractivity contribution >= 4 is 34.3 Å². The fraction of sp³-hybridized carbons (Fsp3) is 0. The summed E-state index contributed by atoms with van der Waals surface area (Å²) in [5, 5.41) is 17.7. The molecule has 0 aliphatic heterocycles. The monoisotopic (exact) mass is 306 g/mol. The van der Waals surface area contributed by atoms with E-state index >= 15 is 0 Å². The lowest BCUT2D eigenvalue weighted by Gasteiger charge is -2.07. The Morgan fingerprint density at radius 3 is 2.90 bits per heavy atom. The zero-order valence-corrected chi connectivity index (χ0v) is 11.0. The van der Waals surface area contributed by atoms with Crippen molar-refractivity contribution in [3.05, 3.63) is 39.5 Å². The summed E-state index contributed by atoms with van der Waals surface area (Å²) < 4.78 is 5.55. The number of halogens is 1. The smallest absolute Gasteiger partial charge is 0.271 e. The van der Waals surface area contributed by atoms with Gasteiger partial charge in [-0.15, -0.1) is 0 Å². The van der Waals surface area contributed by atoms with Gasteiger partial charge in [-0.1, -0.05) is 11.6 Å². The van der Waals surface area contributed by atoms with E-state index in [9.17, 15) is 10.1 Å². The maximum atomic E-state index is 10.7. The van der Waals surface area contributed by atoms with Crippen LogP contribution in [0.1, 0.15) is 0 Å². The van der Waals surface area contributed by atoms with E-state index in [1.54, 1.807) is 0 Å². The summed E-state index contributed by atoms with van der Waals surface area (Å²) >= 11 is 5.96. The molecule has 0 radical (unpaired) electrons. The number of anilines is 1. The lowest BCUT2D eigenvalue weighted by molar-refractivity contribution is -0.384. The Morgan fingerprint density at radius 2 is 2.19 bits per heavy atom. The SMILES string of the molecule is Nc1nc(Oc2ccc([N+](=O)[O-])cc2Cl)c2cn[nH]c2n1. The number of benzene rings is 1. The molecule has 0 fully saturated rings. The average molecular weight is 307 g/mol. The molecule has 10 heteroatoms. The second kappa shape index (κ2) is 4.87. The van der Waals surface area contributed by atoms with E-state index in [2.05, 4.69) is 20.2 Å². The Morgan fingerprint density at radius 1 is 1.38 bits per heavy atom.